The Kier molecular flexibility index (Phi) is 13.2. The Labute approximate surface area is 67.7 Å². The molecule has 0 aliphatic heterocycles. The van der Waals surface area contributed by atoms with Crippen LogP contribution in [-0.4, -0.2) is 23.1 Å². The van der Waals surface area contributed by atoms with Gasteiger partial charge in [-0.2, -0.15) is 0 Å². The first-order valence-electron chi connectivity index (χ1n) is 0.567. The quantitative estimate of drug-likeness (QED) is 0.500. The SMILES string of the molecule is [Cl][Ti]([Cl])[Cl].[H-].[H-].[Mg+2]. The molecule has 0 atom stereocenters. The summed E-state index contributed by atoms with van der Waals surface area (Å²) in [4.78, 5) is 0. The van der Waals surface area contributed by atoms with Gasteiger partial charge in [-0.15, -0.1) is 0 Å². The molecule has 0 fully saturated rings. The van der Waals surface area contributed by atoms with Gasteiger partial charge in [-0.25, -0.2) is 0 Å². The van der Waals surface area contributed by atoms with Crippen molar-refractivity contribution in [1.29, 1.82) is 0 Å². The Hall–Kier alpha value is 2.35. The molecule has 0 saturated heterocycles. The molecule has 0 unspecified atom stereocenters. The van der Waals surface area contributed by atoms with E-state index in [1.54, 1.807) is 0 Å². The van der Waals surface area contributed by atoms with Crippen molar-refractivity contribution < 1.29 is 17.5 Å². The number of rotatable bonds is 0. The van der Waals surface area contributed by atoms with Crippen LogP contribution in [0.2, 0.25) is 0 Å². The molecule has 0 rings (SSSR count). The summed E-state index contributed by atoms with van der Waals surface area (Å²) in [6.45, 7) is 0. The summed E-state index contributed by atoms with van der Waals surface area (Å²) in [6.07, 6.45) is 0. The maximum atomic E-state index is 4.97. The third-order valence-electron chi connectivity index (χ3n) is 0. The minimum atomic E-state index is -1.92. The Bertz CT molecular complexity index is 17.7. The van der Waals surface area contributed by atoms with Crippen LogP contribution >= 0.6 is 27.9 Å². The Balaban J connectivity index is -0.0000000150. The van der Waals surface area contributed by atoms with E-state index >= 15 is 0 Å². The van der Waals surface area contributed by atoms with Gasteiger partial charge in [0.05, 0.1) is 0 Å². The molecule has 5 heavy (non-hydrogen) atoms. The monoisotopic (exact) mass is 179 g/mol. The second kappa shape index (κ2) is 6.35. The average molecular weight is 181 g/mol. The van der Waals surface area contributed by atoms with Gasteiger partial charge in [-0.3, -0.25) is 0 Å². The predicted molar refractivity (Wildman–Crippen MR) is 25.5 cm³/mol. The second-order valence-corrected chi connectivity index (χ2v) is 7.95. The third-order valence-corrected chi connectivity index (χ3v) is 0. The van der Waals surface area contributed by atoms with Gasteiger partial charge in [0.2, 0.25) is 0 Å². The Morgan fingerprint density at radius 2 is 1.20 bits per heavy atom. The number of halogens is 3. The summed E-state index contributed by atoms with van der Waals surface area (Å²) in [5, 5.41) is 0. The van der Waals surface area contributed by atoms with E-state index in [-0.39, 0.29) is 25.9 Å². The molecule has 0 bridgehead atoms. The third kappa shape index (κ3) is 21.8. The van der Waals surface area contributed by atoms with E-state index in [9.17, 15) is 0 Å². The van der Waals surface area contributed by atoms with Crippen molar-refractivity contribution in [3.63, 3.8) is 0 Å². The van der Waals surface area contributed by atoms with Gasteiger partial charge in [0.15, 0.2) is 0 Å². The van der Waals surface area contributed by atoms with Crippen LogP contribution in [-0.2, 0) is 14.7 Å². The van der Waals surface area contributed by atoms with Crippen LogP contribution in [0.3, 0.4) is 0 Å². The summed E-state index contributed by atoms with van der Waals surface area (Å²) in [6, 6.07) is 0. The molecule has 0 radical (unpaired) electrons. The van der Waals surface area contributed by atoms with Crippen molar-refractivity contribution in [3.05, 3.63) is 0 Å². The Morgan fingerprint density at radius 1 is 1.20 bits per heavy atom. The summed E-state index contributed by atoms with van der Waals surface area (Å²) >= 11 is -1.92. The predicted octanol–water partition coefficient (Wildman–Crippen LogP) is 1.91. The van der Waals surface area contributed by atoms with Crippen LogP contribution < -0.4 is 0 Å². The maximum Gasteiger partial charge on any atom is 2.00 e. The van der Waals surface area contributed by atoms with Crippen LogP contribution in [0.25, 0.3) is 0 Å². The largest absolute Gasteiger partial charge is 2.00 e. The molecular formula is H2Cl3MgTi. The Morgan fingerprint density at radius 3 is 1.20 bits per heavy atom. The molecule has 0 aromatic heterocycles. The molecule has 0 N–H and O–H groups in total. The fourth-order valence-corrected chi connectivity index (χ4v) is 0. The van der Waals surface area contributed by atoms with E-state index in [1.165, 1.54) is 0 Å². The molecule has 0 aliphatic rings. The molecule has 0 aromatic rings. The van der Waals surface area contributed by atoms with Crippen molar-refractivity contribution in [3.8, 4) is 0 Å². The summed E-state index contributed by atoms with van der Waals surface area (Å²) in [5.74, 6) is 0. The summed E-state index contributed by atoms with van der Waals surface area (Å²) < 4.78 is 0. The van der Waals surface area contributed by atoms with Gasteiger partial charge in [0.25, 0.3) is 0 Å². The van der Waals surface area contributed by atoms with Crippen LogP contribution in [0.5, 0.6) is 0 Å². The van der Waals surface area contributed by atoms with E-state index in [1.807, 2.05) is 0 Å². The molecular weight excluding hydrogens is 179 g/mol. The van der Waals surface area contributed by atoms with Crippen molar-refractivity contribution in [2.45, 2.75) is 0 Å². The minimum Gasteiger partial charge on any atom is -1.00 e. The molecule has 0 aliphatic carbocycles. The second-order valence-electron chi connectivity index (χ2n) is 0.214. The van der Waals surface area contributed by atoms with E-state index in [4.69, 9.17) is 27.9 Å². The fourth-order valence-electron chi connectivity index (χ4n) is 0. The van der Waals surface area contributed by atoms with Crippen molar-refractivity contribution in [1.82, 2.24) is 0 Å². The van der Waals surface area contributed by atoms with Crippen LogP contribution in [0, 0.1) is 0 Å². The van der Waals surface area contributed by atoms with E-state index < -0.39 is 14.7 Å². The molecule has 0 amide bonds. The van der Waals surface area contributed by atoms with Crippen molar-refractivity contribution >= 4 is 51.0 Å². The molecule has 5 heteroatoms. The maximum absolute atomic E-state index is 4.97. The molecule has 0 nitrogen and oxygen atoms in total. The zero-order chi connectivity index (χ0) is 3.58. The zero-order valence-electron chi connectivity index (χ0n) is 4.34. The first-order chi connectivity index (χ1) is 1.73. The smallest absolute Gasteiger partial charge is 1.00 e. The van der Waals surface area contributed by atoms with Gasteiger partial charge in [0, 0.05) is 0 Å². The van der Waals surface area contributed by atoms with Crippen LogP contribution in [0.15, 0.2) is 0 Å². The normalized spacial score (nSPS) is 5.40. The minimum absolute atomic E-state index is 0. The fraction of sp³-hybridized carbons (Fsp3) is 0. The summed E-state index contributed by atoms with van der Waals surface area (Å²) in [7, 11) is 14.9. The van der Waals surface area contributed by atoms with Crippen molar-refractivity contribution in [2.75, 3.05) is 0 Å². The van der Waals surface area contributed by atoms with E-state index in [0.29, 0.717) is 0 Å². The average Bonchev–Trinajstić information content (AvgIpc) is 0.811. The molecule has 29 valence electrons. The molecule has 0 aromatic carbocycles. The van der Waals surface area contributed by atoms with Gasteiger partial charge >= 0.3 is 65.7 Å². The molecule has 0 saturated carbocycles. The summed E-state index contributed by atoms with van der Waals surface area (Å²) in [5.41, 5.74) is 0. The first-order valence-corrected chi connectivity index (χ1v) is 7.01. The van der Waals surface area contributed by atoms with E-state index in [2.05, 4.69) is 0 Å². The van der Waals surface area contributed by atoms with Gasteiger partial charge in [0.1, 0.15) is 0 Å². The molecule has 0 heterocycles. The zero-order valence-corrected chi connectivity index (χ0v) is 7.58. The number of hydrogen-bond donors (Lipinski definition) is 0. The van der Waals surface area contributed by atoms with Gasteiger partial charge < -0.3 is 2.85 Å². The topological polar surface area (TPSA) is 0 Å². The molecule has 0 spiro atoms. The standard InChI is InChI=1S/3ClH.Mg.Ti.2H/h3*1H;;;;/q;;;+2;+3;2*-1/p-3. The van der Waals surface area contributed by atoms with Gasteiger partial charge in [-0.1, -0.05) is 0 Å². The van der Waals surface area contributed by atoms with Crippen LogP contribution in [0.4, 0.5) is 0 Å². The van der Waals surface area contributed by atoms with Crippen molar-refractivity contribution in [2.24, 2.45) is 0 Å². The first kappa shape index (κ1) is 10.4. The van der Waals surface area contributed by atoms with Crippen LogP contribution in [0.1, 0.15) is 2.85 Å². The van der Waals surface area contributed by atoms with Gasteiger partial charge in [-0.05, 0) is 0 Å². The number of hydrogen-bond acceptors (Lipinski definition) is 0. The van der Waals surface area contributed by atoms with E-state index in [0.717, 1.165) is 0 Å².